The van der Waals surface area contributed by atoms with E-state index in [1.54, 1.807) is 30.6 Å². The van der Waals surface area contributed by atoms with Crippen molar-refractivity contribution in [2.24, 2.45) is 0 Å². The van der Waals surface area contributed by atoms with E-state index in [9.17, 15) is 8.42 Å². The predicted octanol–water partition coefficient (Wildman–Crippen LogP) is 2.58. The van der Waals surface area contributed by atoms with Crippen molar-refractivity contribution in [3.05, 3.63) is 55.1 Å². The summed E-state index contributed by atoms with van der Waals surface area (Å²) in [6.45, 7) is 0.0766. The van der Waals surface area contributed by atoms with Crippen molar-refractivity contribution in [3.63, 3.8) is 0 Å². The quantitative estimate of drug-likeness (QED) is 0.325. The maximum Gasteiger partial charge on any atom is 0.238 e. The molecule has 0 amide bonds. The highest BCUT2D eigenvalue weighted by molar-refractivity contribution is 7.92. The first-order chi connectivity index (χ1) is 16.4. The minimum absolute atomic E-state index is 0.0908. The molecule has 3 heterocycles. The Kier molecular flexibility index (Phi) is 6.70. The molecule has 1 aromatic carbocycles. The molecule has 34 heavy (non-hydrogen) atoms. The molecule has 12 heteroatoms. The molecule has 4 aromatic rings. The van der Waals surface area contributed by atoms with Gasteiger partial charge in [0.2, 0.25) is 21.8 Å². The monoisotopic (exact) mass is 482 g/mol. The van der Waals surface area contributed by atoms with E-state index in [2.05, 4.69) is 30.0 Å². The van der Waals surface area contributed by atoms with Gasteiger partial charge in [0.05, 0.1) is 37.4 Å². The molecular weight excluding hydrogens is 460 g/mol. The van der Waals surface area contributed by atoms with Crippen molar-refractivity contribution in [2.45, 2.75) is 0 Å². The Bertz CT molecular complexity index is 1410. The van der Waals surface area contributed by atoms with Gasteiger partial charge in [-0.05, 0) is 29.8 Å². The molecule has 176 valence electrons. The maximum atomic E-state index is 11.7. The van der Waals surface area contributed by atoms with E-state index in [1.165, 1.54) is 13.4 Å². The molecule has 0 spiro atoms. The summed E-state index contributed by atoms with van der Waals surface area (Å²) in [5.41, 5.74) is 3.10. The molecule has 11 nitrogen and oxygen atoms in total. The Morgan fingerprint density at radius 2 is 1.85 bits per heavy atom. The molecule has 0 saturated heterocycles. The van der Waals surface area contributed by atoms with Crippen LogP contribution in [-0.4, -0.2) is 60.0 Å². The molecule has 0 radical (unpaired) electrons. The summed E-state index contributed by atoms with van der Waals surface area (Å²) in [7, 11) is -2.10. The number of hydrogen-bond acceptors (Lipinski definition) is 10. The van der Waals surface area contributed by atoms with Crippen LogP contribution in [0.25, 0.3) is 22.0 Å². The second-order valence-corrected chi connectivity index (χ2v) is 8.94. The number of hydrogen-bond donors (Lipinski definition) is 3. The molecular formula is C22H22N6O5S. The zero-order valence-corrected chi connectivity index (χ0v) is 19.2. The molecule has 0 unspecified atom stereocenters. The van der Waals surface area contributed by atoms with E-state index < -0.39 is 10.0 Å². The van der Waals surface area contributed by atoms with Gasteiger partial charge in [0.15, 0.2) is 0 Å². The number of fused-ring (bicyclic) bond motifs is 1. The van der Waals surface area contributed by atoms with Crippen LogP contribution in [0.4, 0.5) is 17.2 Å². The number of rotatable bonds is 9. The molecule has 3 N–H and O–H groups in total. The Labute approximate surface area is 195 Å². The molecule has 3 aromatic heterocycles. The fraction of sp³-hybridized carbons (Fsp3) is 0.182. The number of nitrogens with zero attached hydrogens (tertiary/aromatic N) is 4. The SMILES string of the molecule is COc1ncc(-c2ccc3ncnc(Nc4ccc(OCCO)nc4)c3c2)cc1NS(C)(=O)=O. The lowest BCUT2D eigenvalue weighted by atomic mass is 10.0. The van der Waals surface area contributed by atoms with E-state index >= 15 is 0 Å². The summed E-state index contributed by atoms with van der Waals surface area (Å²) in [6.07, 6.45) is 5.71. The third-order valence-corrected chi connectivity index (χ3v) is 5.24. The van der Waals surface area contributed by atoms with Crippen LogP contribution < -0.4 is 19.5 Å². The van der Waals surface area contributed by atoms with Crippen molar-refractivity contribution >= 4 is 38.1 Å². The van der Waals surface area contributed by atoms with Crippen LogP contribution in [-0.2, 0) is 10.0 Å². The van der Waals surface area contributed by atoms with Gasteiger partial charge in [-0.1, -0.05) is 6.07 Å². The fourth-order valence-electron chi connectivity index (χ4n) is 3.21. The van der Waals surface area contributed by atoms with E-state index in [4.69, 9.17) is 14.6 Å². The lowest BCUT2D eigenvalue weighted by molar-refractivity contribution is 0.196. The molecule has 0 saturated carbocycles. The van der Waals surface area contributed by atoms with Crippen molar-refractivity contribution in [3.8, 4) is 22.9 Å². The zero-order chi connectivity index (χ0) is 24.1. The normalized spacial score (nSPS) is 11.3. The number of nitrogens with one attached hydrogen (secondary N) is 2. The van der Waals surface area contributed by atoms with E-state index in [0.717, 1.165) is 17.2 Å². The highest BCUT2D eigenvalue weighted by atomic mass is 32.2. The second kappa shape index (κ2) is 9.85. The predicted molar refractivity (Wildman–Crippen MR) is 128 cm³/mol. The number of aliphatic hydroxyl groups excluding tert-OH is 1. The number of ether oxygens (including phenoxy) is 2. The third-order valence-electron chi connectivity index (χ3n) is 4.65. The minimum atomic E-state index is -3.52. The largest absolute Gasteiger partial charge is 0.480 e. The van der Waals surface area contributed by atoms with E-state index in [0.29, 0.717) is 28.5 Å². The average Bonchev–Trinajstić information content (AvgIpc) is 2.82. The Hall–Kier alpha value is -4.03. The number of methoxy groups -OCH3 is 1. The van der Waals surface area contributed by atoms with Gasteiger partial charge in [-0.2, -0.15) is 0 Å². The van der Waals surface area contributed by atoms with Crippen LogP contribution in [0.3, 0.4) is 0 Å². The number of anilines is 3. The Morgan fingerprint density at radius 1 is 1.00 bits per heavy atom. The number of sulfonamides is 1. The smallest absolute Gasteiger partial charge is 0.238 e. The first kappa shape index (κ1) is 23.1. The Morgan fingerprint density at radius 3 is 2.56 bits per heavy atom. The van der Waals surface area contributed by atoms with Gasteiger partial charge in [-0.25, -0.2) is 28.4 Å². The summed E-state index contributed by atoms with van der Waals surface area (Å²) < 4.78 is 36.4. The highest BCUT2D eigenvalue weighted by Gasteiger charge is 2.13. The molecule has 0 aliphatic heterocycles. The maximum absolute atomic E-state index is 11.7. The summed E-state index contributed by atoms with van der Waals surface area (Å²) in [5, 5.41) is 12.8. The van der Waals surface area contributed by atoms with E-state index in [-0.39, 0.29) is 24.8 Å². The molecule has 0 aliphatic rings. The summed E-state index contributed by atoms with van der Waals surface area (Å²) in [6, 6.07) is 10.7. The van der Waals surface area contributed by atoms with Crippen molar-refractivity contribution < 1.29 is 23.0 Å². The molecule has 0 bridgehead atoms. The molecule has 4 rings (SSSR count). The van der Waals surface area contributed by atoms with Crippen LogP contribution >= 0.6 is 0 Å². The van der Waals surface area contributed by atoms with Crippen molar-refractivity contribution in [1.82, 2.24) is 19.9 Å². The number of aliphatic hydroxyl groups is 1. The van der Waals surface area contributed by atoms with Gasteiger partial charge in [0.1, 0.15) is 24.4 Å². The lowest BCUT2D eigenvalue weighted by Crippen LogP contribution is -2.11. The van der Waals surface area contributed by atoms with Crippen molar-refractivity contribution in [1.29, 1.82) is 0 Å². The van der Waals surface area contributed by atoms with Gasteiger partial charge in [-0.15, -0.1) is 0 Å². The molecule has 0 aliphatic carbocycles. The number of benzene rings is 1. The first-order valence-corrected chi connectivity index (χ1v) is 12.0. The lowest BCUT2D eigenvalue weighted by Gasteiger charge is -2.12. The summed E-state index contributed by atoms with van der Waals surface area (Å²) in [5.74, 6) is 1.13. The second-order valence-electron chi connectivity index (χ2n) is 7.19. The number of aromatic nitrogens is 4. The highest BCUT2D eigenvalue weighted by Crippen LogP contribution is 2.32. The minimum Gasteiger partial charge on any atom is -0.480 e. The van der Waals surface area contributed by atoms with Crippen LogP contribution in [0.2, 0.25) is 0 Å². The van der Waals surface area contributed by atoms with Gasteiger partial charge in [0, 0.05) is 23.2 Å². The molecule has 0 atom stereocenters. The van der Waals surface area contributed by atoms with Crippen molar-refractivity contribution in [2.75, 3.05) is 36.6 Å². The van der Waals surface area contributed by atoms with E-state index in [1.807, 2.05) is 18.2 Å². The van der Waals surface area contributed by atoms with Crippen LogP contribution in [0.5, 0.6) is 11.8 Å². The fourth-order valence-corrected chi connectivity index (χ4v) is 3.75. The summed E-state index contributed by atoms with van der Waals surface area (Å²) >= 11 is 0. The molecule has 0 fully saturated rings. The standard InChI is InChI=1S/C22H22N6O5S/c1-32-22-19(28-34(2,30)31)10-15(11-24-22)14-3-5-18-17(9-14)21(26-13-25-18)27-16-4-6-20(23-12-16)33-8-7-29/h3-6,9-13,28-29H,7-8H2,1-2H3,(H,25,26,27). The Balaban J connectivity index is 1.68. The van der Waals surface area contributed by atoms with Crippen LogP contribution in [0.15, 0.2) is 55.1 Å². The first-order valence-electron chi connectivity index (χ1n) is 10.1. The van der Waals surface area contributed by atoms with Gasteiger partial charge < -0.3 is 19.9 Å². The summed E-state index contributed by atoms with van der Waals surface area (Å²) in [4.78, 5) is 17.1. The van der Waals surface area contributed by atoms with Gasteiger partial charge in [0.25, 0.3) is 0 Å². The average molecular weight is 483 g/mol. The van der Waals surface area contributed by atoms with Crippen LogP contribution in [0, 0.1) is 0 Å². The van der Waals surface area contributed by atoms with Crippen LogP contribution in [0.1, 0.15) is 0 Å². The topological polar surface area (TPSA) is 148 Å². The van der Waals surface area contributed by atoms with Gasteiger partial charge in [-0.3, -0.25) is 4.72 Å². The van der Waals surface area contributed by atoms with Gasteiger partial charge >= 0.3 is 0 Å². The third kappa shape index (κ3) is 5.47. The number of pyridine rings is 2. The zero-order valence-electron chi connectivity index (χ0n) is 18.4.